The second kappa shape index (κ2) is 5.40. The van der Waals surface area contributed by atoms with Crippen molar-refractivity contribution >= 4 is 5.84 Å². The van der Waals surface area contributed by atoms with E-state index in [1.807, 2.05) is 12.1 Å². The molecule has 0 amide bonds. The van der Waals surface area contributed by atoms with Crippen LogP contribution in [0.4, 0.5) is 0 Å². The quantitative estimate of drug-likeness (QED) is 0.549. The average molecular weight is 191 g/mol. The number of aryl methyl sites for hydroxylation is 1. The first-order chi connectivity index (χ1) is 6.77. The summed E-state index contributed by atoms with van der Waals surface area (Å²) in [5.41, 5.74) is 13.4. The van der Waals surface area contributed by atoms with Crippen LogP contribution in [0.15, 0.2) is 29.3 Å². The van der Waals surface area contributed by atoms with E-state index in [0.717, 1.165) is 12.0 Å². The Kier molecular flexibility index (Phi) is 4.13. The molecule has 3 heteroatoms. The van der Waals surface area contributed by atoms with E-state index in [9.17, 15) is 0 Å². The van der Waals surface area contributed by atoms with E-state index >= 15 is 0 Å². The van der Waals surface area contributed by atoms with E-state index in [1.54, 1.807) is 0 Å². The molecule has 0 heterocycles. The van der Waals surface area contributed by atoms with Gasteiger partial charge in [0.1, 0.15) is 5.84 Å². The first kappa shape index (κ1) is 10.7. The fourth-order valence-corrected chi connectivity index (χ4v) is 1.19. The number of benzene rings is 1. The molecule has 0 saturated heterocycles. The Morgan fingerprint density at radius 1 is 1.29 bits per heavy atom. The summed E-state index contributed by atoms with van der Waals surface area (Å²) in [6.07, 6.45) is 1.04. The third kappa shape index (κ3) is 2.85. The summed E-state index contributed by atoms with van der Waals surface area (Å²) in [4.78, 5) is 4.14. The van der Waals surface area contributed by atoms with Crippen LogP contribution >= 0.6 is 0 Å². The second-order valence-corrected chi connectivity index (χ2v) is 3.11. The summed E-state index contributed by atoms with van der Waals surface area (Å²) < 4.78 is 0. The highest BCUT2D eigenvalue weighted by Crippen LogP contribution is 2.04. The van der Waals surface area contributed by atoms with Gasteiger partial charge in [0, 0.05) is 12.1 Å². The maximum absolute atomic E-state index is 5.77. The lowest BCUT2D eigenvalue weighted by Crippen LogP contribution is -2.16. The van der Waals surface area contributed by atoms with Gasteiger partial charge >= 0.3 is 0 Å². The Balaban J connectivity index is 2.76. The van der Waals surface area contributed by atoms with Gasteiger partial charge < -0.3 is 11.5 Å². The normalized spacial score (nSPS) is 11.7. The summed E-state index contributed by atoms with van der Waals surface area (Å²) >= 11 is 0. The van der Waals surface area contributed by atoms with E-state index in [2.05, 4.69) is 24.0 Å². The van der Waals surface area contributed by atoms with Crippen molar-refractivity contribution in [1.82, 2.24) is 0 Å². The third-order valence-corrected chi connectivity index (χ3v) is 2.07. The molecular weight excluding hydrogens is 174 g/mol. The van der Waals surface area contributed by atoms with E-state index in [-0.39, 0.29) is 0 Å². The number of aliphatic imine (C=N–C) groups is 1. The highest BCUT2D eigenvalue weighted by atomic mass is 14.9. The molecule has 0 aromatic heterocycles. The Bertz CT molecular complexity index is 301. The van der Waals surface area contributed by atoms with Crippen LogP contribution < -0.4 is 11.5 Å². The standard InChI is InChI=1S/C11H17N3/c1-2-9-3-5-10(6-4-9)11(13)14-8-7-12/h3-6H,2,7-8,12H2,1H3,(H2,13,14). The SMILES string of the molecule is CCc1ccc(C(N)=NCCN)cc1. The Morgan fingerprint density at radius 3 is 2.43 bits per heavy atom. The lowest BCUT2D eigenvalue weighted by molar-refractivity contribution is 0.973. The van der Waals surface area contributed by atoms with E-state index in [0.29, 0.717) is 18.9 Å². The van der Waals surface area contributed by atoms with Crippen LogP contribution in [0.5, 0.6) is 0 Å². The Labute approximate surface area is 84.8 Å². The van der Waals surface area contributed by atoms with E-state index in [4.69, 9.17) is 11.5 Å². The molecule has 0 radical (unpaired) electrons. The third-order valence-electron chi connectivity index (χ3n) is 2.07. The number of nitrogens with two attached hydrogens (primary N) is 2. The Morgan fingerprint density at radius 2 is 1.93 bits per heavy atom. The Hall–Kier alpha value is -1.35. The molecule has 0 bridgehead atoms. The molecule has 1 aromatic carbocycles. The van der Waals surface area contributed by atoms with Crippen LogP contribution in [0.2, 0.25) is 0 Å². The van der Waals surface area contributed by atoms with Crippen LogP contribution in [0.3, 0.4) is 0 Å². The summed E-state index contributed by atoms with van der Waals surface area (Å²) in [6, 6.07) is 8.13. The number of amidine groups is 1. The van der Waals surface area contributed by atoms with Gasteiger partial charge in [0.15, 0.2) is 0 Å². The van der Waals surface area contributed by atoms with Gasteiger partial charge in [-0.2, -0.15) is 0 Å². The number of hydrogen-bond acceptors (Lipinski definition) is 2. The number of nitrogens with zero attached hydrogens (tertiary/aromatic N) is 1. The molecular formula is C11H17N3. The topological polar surface area (TPSA) is 64.4 Å². The molecule has 76 valence electrons. The largest absolute Gasteiger partial charge is 0.384 e. The van der Waals surface area contributed by atoms with Crippen molar-refractivity contribution in [2.75, 3.05) is 13.1 Å². The first-order valence-corrected chi connectivity index (χ1v) is 4.87. The van der Waals surface area contributed by atoms with Crippen LogP contribution in [-0.4, -0.2) is 18.9 Å². The maximum atomic E-state index is 5.77. The smallest absolute Gasteiger partial charge is 0.125 e. The lowest BCUT2D eigenvalue weighted by Gasteiger charge is -2.02. The van der Waals surface area contributed by atoms with Gasteiger partial charge in [0.25, 0.3) is 0 Å². The predicted molar refractivity (Wildman–Crippen MR) is 60.5 cm³/mol. The van der Waals surface area contributed by atoms with Crippen LogP contribution in [-0.2, 0) is 6.42 Å². The number of hydrogen-bond donors (Lipinski definition) is 2. The summed E-state index contributed by atoms with van der Waals surface area (Å²) in [5, 5.41) is 0. The molecule has 0 fully saturated rings. The monoisotopic (exact) mass is 191 g/mol. The fraction of sp³-hybridized carbons (Fsp3) is 0.364. The van der Waals surface area contributed by atoms with Crippen molar-refractivity contribution in [1.29, 1.82) is 0 Å². The summed E-state index contributed by atoms with van der Waals surface area (Å²) in [5.74, 6) is 0.568. The minimum absolute atomic E-state index is 0.535. The molecule has 4 N–H and O–H groups in total. The second-order valence-electron chi connectivity index (χ2n) is 3.11. The molecule has 0 saturated carbocycles. The van der Waals surface area contributed by atoms with Gasteiger partial charge in [-0.15, -0.1) is 0 Å². The van der Waals surface area contributed by atoms with Gasteiger partial charge in [-0.1, -0.05) is 31.2 Å². The summed E-state index contributed by atoms with van der Waals surface area (Å²) in [6.45, 7) is 3.25. The van der Waals surface area contributed by atoms with Gasteiger partial charge in [-0.25, -0.2) is 0 Å². The lowest BCUT2D eigenvalue weighted by atomic mass is 10.1. The predicted octanol–water partition coefficient (Wildman–Crippen LogP) is 0.913. The number of rotatable bonds is 4. The van der Waals surface area contributed by atoms with Crippen LogP contribution in [0.1, 0.15) is 18.1 Å². The molecule has 0 unspecified atom stereocenters. The summed E-state index contributed by atoms with van der Waals surface area (Å²) in [7, 11) is 0. The van der Waals surface area contributed by atoms with Crippen molar-refractivity contribution in [3.63, 3.8) is 0 Å². The van der Waals surface area contributed by atoms with E-state index < -0.39 is 0 Å². The zero-order valence-electron chi connectivity index (χ0n) is 8.53. The zero-order valence-corrected chi connectivity index (χ0v) is 8.53. The first-order valence-electron chi connectivity index (χ1n) is 4.87. The molecule has 3 nitrogen and oxygen atoms in total. The molecule has 0 spiro atoms. The van der Waals surface area contributed by atoms with Crippen molar-refractivity contribution in [2.45, 2.75) is 13.3 Å². The van der Waals surface area contributed by atoms with E-state index in [1.165, 1.54) is 5.56 Å². The highest BCUT2D eigenvalue weighted by molar-refractivity contribution is 5.97. The highest BCUT2D eigenvalue weighted by Gasteiger charge is 1.96. The van der Waals surface area contributed by atoms with Crippen molar-refractivity contribution < 1.29 is 0 Å². The molecule has 1 aromatic rings. The van der Waals surface area contributed by atoms with Gasteiger partial charge in [-0.05, 0) is 12.0 Å². The van der Waals surface area contributed by atoms with Gasteiger partial charge in [0.2, 0.25) is 0 Å². The van der Waals surface area contributed by atoms with Crippen LogP contribution in [0.25, 0.3) is 0 Å². The minimum atomic E-state index is 0.535. The minimum Gasteiger partial charge on any atom is -0.384 e. The molecule has 0 aliphatic carbocycles. The van der Waals surface area contributed by atoms with Crippen molar-refractivity contribution in [3.8, 4) is 0 Å². The molecule has 0 aliphatic rings. The average Bonchev–Trinajstić information content (AvgIpc) is 2.26. The molecule has 1 rings (SSSR count). The van der Waals surface area contributed by atoms with Crippen LogP contribution in [0, 0.1) is 0 Å². The fourth-order valence-electron chi connectivity index (χ4n) is 1.19. The molecule has 0 atom stereocenters. The maximum Gasteiger partial charge on any atom is 0.125 e. The zero-order chi connectivity index (χ0) is 10.4. The van der Waals surface area contributed by atoms with Gasteiger partial charge in [-0.3, -0.25) is 4.99 Å². The van der Waals surface area contributed by atoms with Crippen molar-refractivity contribution in [2.24, 2.45) is 16.5 Å². The van der Waals surface area contributed by atoms with Crippen molar-refractivity contribution in [3.05, 3.63) is 35.4 Å². The van der Waals surface area contributed by atoms with Gasteiger partial charge in [0.05, 0.1) is 6.54 Å². The molecule has 0 aliphatic heterocycles. The molecule has 14 heavy (non-hydrogen) atoms.